The average Bonchev–Trinajstić information content (AvgIpc) is 3.00. The summed E-state index contributed by atoms with van der Waals surface area (Å²) in [4.78, 5) is 24.7. The first kappa shape index (κ1) is 13.9. The number of aliphatic carboxylic acids is 1. The van der Waals surface area contributed by atoms with Crippen LogP contribution >= 0.6 is 0 Å². The molecular formula is C15H17NO5. The number of benzene rings is 1. The maximum atomic E-state index is 12.1. The van der Waals surface area contributed by atoms with Crippen LogP contribution in [0.5, 0.6) is 0 Å². The summed E-state index contributed by atoms with van der Waals surface area (Å²) >= 11 is 0. The zero-order chi connectivity index (χ0) is 15.0. The Morgan fingerprint density at radius 3 is 2.62 bits per heavy atom. The number of likely N-dealkylation sites (tertiary alicyclic amines) is 1. The fourth-order valence-corrected chi connectivity index (χ4v) is 3.42. The van der Waals surface area contributed by atoms with Gasteiger partial charge in [-0.25, -0.2) is 4.79 Å². The normalized spacial score (nSPS) is 30.4. The van der Waals surface area contributed by atoms with Crippen molar-refractivity contribution in [2.45, 2.75) is 25.2 Å². The standard InChI is InChI=1S/C15H17NO5/c17-11-6-10-7-16(13(11)12(10)14(18)19)15(20)21-8-9-4-2-1-3-5-9/h1-5,10-13,17H,6-8H2,(H,18,19)/t10-,11+,12-,13-/m0/s1. The van der Waals surface area contributed by atoms with Crippen LogP contribution in [0, 0.1) is 11.8 Å². The molecule has 21 heavy (non-hydrogen) atoms. The Labute approximate surface area is 121 Å². The predicted octanol–water partition coefficient (Wildman–Crippen LogP) is 1.09. The van der Waals surface area contributed by atoms with Gasteiger partial charge < -0.3 is 19.8 Å². The average molecular weight is 291 g/mol. The number of aliphatic hydroxyl groups excluding tert-OH is 1. The minimum absolute atomic E-state index is 0.140. The maximum Gasteiger partial charge on any atom is 0.410 e. The van der Waals surface area contributed by atoms with Gasteiger partial charge in [-0.3, -0.25) is 4.79 Å². The summed E-state index contributed by atoms with van der Waals surface area (Å²) in [5.74, 6) is -1.84. The maximum absolute atomic E-state index is 12.1. The second-order valence-corrected chi connectivity index (χ2v) is 5.61. The van der Waals surface area contributed by atoms with Crippen LogP contribution in [0.3, 0.4) is 0 Å². The molecule has 1 aliphatic carbocycles. The second kappa shape index (κ2) is 5.37. The van der Waals surface area contributed by atoms with Crippen molar-refractivity contribution in [3.8, 4) is 0 Å². The quantitative estimate of drug-likeness (QED) is 0.870. The SMILES string of the molecule is O=C(O)[C@H]1[C@H]2C[C@@H](O)[C@@H]1N(C(=O)OCc1ccccc1)C2. The summed E-state index contributed by atoms with van der Waals surface area (Å²) in [6, 6.07) is 8.60. The van der Waals surface area contributed by atoms with Crippen molar-refractivity contribution in [1.82, 2.24) is 4.90 Å². The van der Waals surface area contributed by atoms with E-state index in [1.807, 2.05) is 30.3 Å². The Balaban J connectivity index is 1.65. The van der Waals surface area contributed by atoms with E-state index in [1.165, 1.54) is 4.90 Å². The number of carboxylic acids is 1. The fraction of sp³-hybridized carbons (Fsp3) is 0.467. The van der Waals surface area contributed by atoms with Gasteiger partial charge in [0.25, 0.3) is 0 Å². The van der Waals surface area contributed by atoms with Gasteiger partial charge in [-0.15, -0.1) is 0 Å². The van der Waals surface area contributed by atoms with Gasteiger partial charge in [0.15, 0.2) is 0 Å². The third-order valence-corrected chi connectivity index (χ3v) is 4.33. The Kier molecular flexibility index (Phi) is 3.55. The highest BCUT2D eigenvalue weighted by molar-refractivity contribution is 5.76. The molecule has 0 unspecified atom stereocenters. The summed E-state index contributed by atoms with van der Waals surface area (Å²) < 4.78 is 5.22. The lowest BCUT2D eigenvalue weighted by atomic mass is 9.99. The van der Waals surface area contributed by atoms with E-state index in [0.717, 1.165) is 5.56 Å². The number of carboxylic acid groups (broad SMARTS) is 1. The first-order valence-electron chi connectivity index (χ1n) is 6.96. The topological polar surface area (TPSA) is 87.1 Å². The molecule has 6 nitrogen and oxygen atoms in total. The lowest BCUT2D eigenvalue weighted by Crippen LogP contribution is -2.46. The zero-order valence-corrected chi connectivity index (χ0v) is 11.4. The molecule has 2 aliphatic rings. The third-order valence-electron chi connectivity index (χ3n) is 4.33. The number of piperidine rings is 1. The molecule has 2 fully saturated rings. The number of hydrogen-bond donors (Lipinski definition) is 2. The van der Waals surface area contributed by atoms with E-state index in [-0.39, 0.29) is 12.5 Å². The van der Waals surface area contributed by atoms with E-state index in [1.54, 1.807) is 0 Å². The molecule has 2 bridgehead atoms. The Morgan fingerprint density at radius 2 is 2.00 bits per heavy atom. The van der Waals surface area contributed by atoms with E-state index < -0.39 is 30.1 Å². The Morgan fingerprint density at radius 1 is 1.29 bits per heavy atom. The van der Waals surface area contributed by atoms with Crippen molar-refractivity contribution in [1.29, 1.82) is 0 Å². The molecule has 1 saturated heterocycles. The van der Waals surface area contributed by atoms with Gasteiger partial charge in [0, 0.05) is 6.54 Å². The van der Waals surface area contributed by atoms with Gasteiger partial charge in [0.05, 0.1) is 18.1 Å². The first-order valence-corrected chi connectivity index (χ1v) is 6.96. The molecule has 1 aromatic carbocycles. The monoisotopic (exact) mass is 291 g/mol. The molecule has 1 aromatic rings. The molecule has 2 N–H and O–H groups in total. The number of carbonyl (C=O) groups excluding carboxylic acids is 1. The Bertz CT molecular complexity index is 546. The largest absolute Gasteiger partial charge is 0.481 e. The van der Waals surface area contributed by atoms with Crippen LogP contribution in [0.25, 0.3) is 0 Å². The molecule has 0 radical (unpaired) electrons. The number of amides is 1. The summed E-state index contributed by atoms with van der Waals surface area (Å²) in [5, 5.41) is 19.2. The number of fused-ring (bicyclic) bond motifs is 2. The number of rotatable bonds is 3. The van der Waals surface area contributed by atoms with Crippen molar-refractivity contribution < 1.29 is 24.5 Å². The predicted molar refractivity (Wildman–Crippen MR) is 72.4 cm³/mol. The van der Waals surface area contributed by atoms with Crippen LogP contribution in [0.15, 0.2) is 30.3 Å². The molecule has 0 aromatic heterocycles. The van der Waals surface area contributed by atoms with E-state index >= 15 is 0 Å². The van der Waals surface area contributed by atoms with Crippen LogP contribution in [-0.2, 0) is 16.1 Å². The zero-order valence-electron chi connectivity index (χ0n) is 11.4. The fourth-order valence-electron chi connectivity index (χ4n) is 3.42. The highest BCUT2D eigenvalue weighted by atomic mass is 16.6. The summed E-state index contributed by atoms with van der Waals surface area (Å²) in [6.45, 7) is 0.480. The van der Waals surface area contributed by atoms with Crippen LogP contribution < -0.4 is 0 Å². The number of aliphatic hydroxyl groups is 1. The molecule has 6 heteroatoms. The van der Waals surface area contributed by atoms with Crippen molar-refractivity contribution in [3.05, 3.63) is 35.9 Å². The van der Waals surface area contributed by atoms with Gasteiger partial charge in [0.1, 0.15) is 6.61 Å². The summed E-state index contributed by atoms with van der Waals surface area (Å²) in [7, 11) is 0. The first-order chi connectivity index (χ1) is 10.1. The number of nitrogens with zero attached hydrogens (tertiary/aromatic N) is 1. The molecule has 1 saturated carbocycles. The molecular weight excluding hydrogens is 274 g/mol. The van der Waals surface area contributed by atoms with Crippen molar-refractivity contribution in [3.63, 3.8) is 0 Å². The lowest BCUT2D eigenvalue weighted by Gasteiger charge is -2.29. The minimum atomic E-state index is -0.958. The Hall–Kier alpha value is -2.08. The summed E-state index contributed by atoms with van der Waals surface area (Å²) in [6.07, 6.45) is -0.908. The molecule has 1 heterocycles. The van der Waals surface area contributed by atoms with Gasteiger partial charge >= 0.3 is 12.1 Å². The smallest absolute Gasteiger partial charge is 0.410 e. The van der Waals surface area contributed by atoms with Crippen LogP contribution in [0.1, 0.15) is 12.0 Å². The molecule has 3 rings (SSSR count). The van der Waals surface area contributed by atoms with E-state index in [2.05, 4.69) is 0 Å². The lowest BCUT2D eigenvalue weighted by molar-refractivity contribution is -0.143. The molecule has 4 atom stereocenters. The van der Waals surface area contributed by atoms with E-state index in [9.17, 15) is 19.8 Å². The number of hydrogen-bond acceptors (Lipinski definition) is 4. The molecule has 0 spiro atoms. The van der Waals surface area contributed by atoms with Gasteiger partial charge in [0.2, 0.25) is 0 Å². The van der Waals surface area contributed by atoms with Gasteiger partial charge in [-0.2, -0.15) is 0 Å². The van der Waals surface area contributed by atoms with Crippen LogP contribution in [0.2, 0.25) is 0 Å². The summed E-state index contributed by atoms with van der Waals surface area (Å²) in [5.41, 5.74) is 0.866. The second-order valence-electron chi connectivity index (χ2n) is 5.61. The molecule has 1 aliphatic heterocycles. The van der Waals surface area contributed by atoms with Crippen molar-refractivity contribution >= 4 is 12.1 Å². The van der Waals surface area contributed by atoms with Gasteiger partial charge in [-0.05, 0) is 17.9 Å². The minimum Gasteiger partial charge on any atom is -0.481 e. The third kappa shape index (κ3) is 2.47. The van der Waals surface area contributed by atoms with Crippen LogP contribution in [0.4, 0.5) is 4.79 Å². The molecule has 112 valence electrons. The van der Waals surface area contributed by atoms with Crippen molar-refractivity contribution in [2.24, 2.45) is 11.8 Å². The van der Waals surface area contributed by atoms with Crippen molar-refractivity contribution in [2.75, 3.05) is 6.54 Å². The number of carbonyl (C=O) groups is 2. The highest BCUT2D eigenvalue weighted by Crippen LogP contribution is 2.43. The van der Waals surface area contributed by atoms with E-state index in [0.29, 0.717) is 13.0 Å². The van der Waals surface area contributed by atoms with Crippen LogP contribution in [-0.4, -0.2) is 45.9 Å². The highest BCUT2D eigenvalue weighted by Gasteiger charge is 2.57. The van der Waals surface area contributed by atoms with Gasteiger partial charge in [-0.1, -0.05) is 30.3 Å². The van der Waals surface area contributed by atoms with E-state index in [4.69, 9.17) is 4.74 Å². The number of ether oxygens (including phenoxy) is 1. The molecule has 1 amide bonds.